The first-order valence-corrected chi connectivity index (χ1v) is 9.17. The summed E-state index contributed by atoms with van der Waals surface area (Å²) in [5.74, 6) is 1.60. The molecule has 0 bridgehead atoms. The van der Waals surface area contributed by atoms with E-state index in [-0.39, 0.29) is 5.91 Å². The highest BCUT2D eigenvalue weighted by atomic mass is 16.5. The number of fused-ring (bicyclic) bond motifs is 3. The van der Waals surface area contributed by atoms with Gasteiger partial charge in [-0.15, -0.1) is 0 Å². The first kappa shape index (κ1) is 17.3. The van der Waals surface area contributed by atoms with E-state index in [1.54, 1.807) is 37.7 Å². The Morgan fingerprint density at radius 1 is 1.30 bits per heavy atom. The van der Waals surface area contributed by atoms with Crippen molar-refractivity contribution in [2.24, 2.45) is 0 Å². The molecular formula is C22H22N2O3. The van der Waals surface area contributed by atoms with Crippen molar-refractivity contribution in [3.8, 4) is 5.75 Å². The monoisotopic (exact) mass is 362 g/mol. The molecule has 0 atom stereocenters. The first-order chi connectivity index (χ1) is 13.2. The number of carbonyl (C=O) groups excluding carboxylic acids is 1. The number of pyridine rings is 1. The lowest BCUT2D eigenvalue weighted by atomic mass is 9.94. The van der Waals surface area contributed by atoms with Crippen LogP contribution in [0.15, 0.2) is 47.2 Å². The van der Waals surface area contributed by atoms with Crippen LogP contribution in [0.25, 0.3) is 16.5 Å². The molecule has 0 spiro atoms. The summed E-state index contributed by atoms with van der Waals surface area (Å²) in [6.45, 7) is 1.92. The Balaban J connectivity index is 1.69. The van der Waals surface area contributed by atoms with E-state index >= 15 is 0 Å². The normalized spacial score (nSPS) is 14.1. The molecule has 1 N–H and O–H groups in total. The molecule has 2 heterocycles. The number of nitrogens with zero attached hydrogens (tertiary/aromatic N) is 1. The van der Waals surface area contributed by atoms with Crippen LogP contribution in [-0.2, 0) is 17.6 Å². The topological polar surface area (TPSA) is 64.4 Å². The van der Waals surface area contributed by atoms with E-state index in [9.17, 15) is 4.79 Å². The Hall–Kier alpha value is -3.08. The van der Waals surface area contributed by atoms with Gasteiger partial charge in [-0.05, 0) is 50.0 Å². The van der Waals surface area contributed by atoms with E-state index in [1.165, 1.54) is 18.4 Å². The standard InChI is InChI=1S/C22H22N2O3/c1-14(10-22(25)24-15-6-5-9-23-13-15)17-11-18-16-7-3-4-8-19(16)27-21(18)12-20(17)26-2/h5-6,9-13H,3-4,7-8H2,1-2H3,(H,24,25)/b14-10+. The number of carbonyl (C=O) groups is 1. The Morgan fingerprint density at radius 2 is 2.15 bits per heavy atom. The van der Waals surface area contributed by atoms with Gasteiger partial charge in [0.1, 0.15) is 17.1 Å². The minimum Gasteiger partial charge on any atom is -0.496 e. The molecule has 4 rings (SSSR count). The molecular weight excluding hydrogens is 340 g/mol. The lowest BCUT2D eigenvalue weighted by molar-refractivity contribution is -0.111. The highest BCUT2D eigenvalue weighted by Crippen LogP contribution is 2.37. The summed E-state index contributed by atoms with van der Waals surface area (Å²) in [5.41, 5.74) is 4.56. The van der Waals surface area contributed by atoms with Crippen LogP contribution < -0.4 is 10.1 Å². The number of aryl methyl sites for hydroxylation is 2. The average Bonchev–Trinajstić information content (AvgIpc) is 3.05. The number of aromatic nitrogens is 1. The van der Waals surface area contributed by atoms with Crippen molar-refractivity contribution in [1.29, 1.82) is 0 Å². The maximum Gasteiger partial charge on any atom is 0.248 e. The molecule has 0 radical (unpaired) electrons. The number of nitrogens with one attached hydrogen (secondary N) is 1. The largest absolute Gasteiger partial charge is 0.496 e. The molecule has 2 aromatic heterocycles. The van der Waals surface area contributed by atoms with Gasteiger partial charge in [0.05, 0.1) is 19.0 Å². The number of ether oxygens (including phenoxy) is 1. The van der Waals surface area contributed by atoms with E-state index in [1.807, 2.05) is 13.0 Å². The number of hydrogen-bond acceptors (Lipinski definition) is 4. The van der Waals surface area contributed by atoms with Crippen LogP contribution in [0, 0.1) is 0 Å². The molecule has 1 amide bonds. The predicted octanol–water partition coefficient (Wildman–Crippen LogP) is 4.76. The number of amides is 1. The molecule has 138 valence electrons. The highest BCUT2D eigenvalue weighted by Gasteiger charge is 2.20. The van der Waals surface area contributed by atoms with Crippen LogP contribution in [-0.4, -0.2) is 18.0 Å². The molecule has 0 fully saturated rings. The number of anilines is 1. The van der Waals surface area contributed by atoms with E-state index in [0.29, 0.717) is 11.4 Å². The third-order valence-corrected chi connectivity index (χ3v) is 4.98. The van der Waals surface area contributed by atoms with Crippen molar-refractivity contribution < 1.29 is 13.9 Å². The Labute approximate surface area is 158 Å². The van der Waals surface area contributed by atoms with Gasteiger partial charge in [0, 0.05) is 41.3 Å². The molecule has 0 unspecified atom stereocenters. The van der Waals surface area contributed by atoms with E-state index in [0.717, 1.165) is 40.7 Å². The van der Waals surface area contributed by atoms with Gasteiger partial charge >= 0.3 is 0 Å². The van der Waals surface area contributed by atoms with Crippen LogP contribution >= 0.6 is 0 Å². The van der Waals surface area contributed by atoms with Crippen LogP contribution in [0.5, 0.6) is 5.75 Å². The number of benzene rings is 1. The van der Waals surface area contributed by atoms with Gasteiger partial charge in [-0.2, -0.15) is 0 Å². The van der Waals surface area contributed by atoms with Crippen LogP contribution in [0.1, 0.15) is 36.7 Å². The van der Waals surface area contributed by atoms with Gasteiger partial charge in [-0.25, -0.2) is 0 Å². The van der Waals surface area contributed by atoms with E-state index in [4.69, 9.17) is 9.15 Å². The molecule has 1 aliphatic carbocycles. The maximum absolute atomic E-state index is 12.4. The predicted molar refractivity (Wildman–Crippen MR) is 106 cm³/mol. The quantitative estimate of drug-likeness (QED) is 0.680. The number of rotatable bonds is 4. The molecule has 1 aromatic carbocycles. The zero-order valence-electron chi connectivity index (χ0n) is 15.5. The van der Waals surface area contributed by atoms with Crippen molar-refractivity contribution in [3.63, 3.8) is 0 Å². The maximum atomic E-state index is 12.4. The van der Waals surface area contributed by atoms with E-state index in [2.05, 4.69) is 16.4 Å². The Bertz CT molecular complexity index is 1020. The van der Waals surface area contributed by atoms with Crippen molar-refractivity contribution in [1.82, 2.24) is 4.98 Å². The van der Waals surface area contributed by atoms with Crippen molar-refractivity contribution in [2.75, 3.05) is 12.4 Å². The van der Waals surface area contributed by atoms with Crippen LogP contribution in [0.4, 0.5) is 5.69 Å². The zero-order valence-corrected chi connectivity index (χ0v) is 15.5. The number of methoxy groups -OCH3 is 1. The molecule has 27 heavy (non-hydrogen) atoms. The molecule has 3 aromatic rings. The number of hydrogen-bond donors (Lipinski definition) is 1. The fraction of sp³-hybridized carbons (Fsp3) is 0.273. The molecule has 1 aliphatic rings. The lowest BCUT2D eigenvalue weighted by Crippen LogP contribution is -2.08. The fourth-order valence-electron chi connectivity index (χ4n) is 3.66. The van der Waals surface area contributed by atoms with Crippen molar-refractivity contribution >= 4 is 28.1 Å². The van der Waals surface area contributed by atoms with Gasteiger partial charge in [0.15, 0.2) is 0 Å². The second-order valence-corrected chi connectivity index (χ2v) is 6.82. The highest BCUT2D eigenvalue weighted by molar-refractivity contribution is 6.04. The Kier molecular flexibility index (Phi) is 4.67. The minimum atomic E-state index is -0.197. The van der Waals surface area contributed by atoms with Crippen molar-refractivity contribution in [2.45, 2.75) is 32.6 Å². The summed E-state index contributed by atoms with van der Waals surface area (Å²) >= 11 is 0. The second kappa shape index (κ2) is 7.27. The van der Waals surface area contributed by atoms with Gasteiger partial charge in [0.2, 0.25) is 5.91 Å². The van der Waals surface area contributed by atoms with Gasteiger partial charge in [0.25, 0.3) is 0 Å². The van der Waals surface area contributed by atoms with Gasteiger partial charge in [-0.3, -0.25) is 9.78 Å². The molecule has 0 saturated heterocycles. The Morgan fingerprint density at radius 3 is 2.93 bits per heavy atom. The summed E-state index contributed by atoms with van der Waals surface area (Å²) in [6.07, 6.45) is 9.26. The fourth-order valence-corrected chi connectivity index (χ4v) is 3.66. The van der Waals surface area contributed by atoms with Crippen LogP contribution in [0.3, 0.4) is 0 Å². The molecule has 5 heteroatoms. The molecule has 5 nitrogen and oxygen atoms in total. The molecule has 0 aliphatic heterocycles. The lowest BCUT2D eigenvalue weighted by Gasteiger charge is -2.11. The summed E-state index contributed by atoms with van der Waals surface area (Å²) in [5, 5.41) is 3.95. The van der Waals surface area contributed by atoms with Crippen molar-refractivity contribution in [3.05, 3.63) is 59.6 Å². The van der Waals surface area contributed by atoms with Gasteiger partial charge < -0.3 is 14.5 Å². The summed E-state index contributed by atoms with van der Waals surface area (Å²) in [7, 11) is 1.64. The third-order valence-electron chi connectivity index (χ3n) is 4.98. The summed E-state index contributed by atoms with van der Waals surface area (Å²) in [6, 6.07) is 7.61. The first-order valence-electron chi connectivity index (χ1n) is 9.17. The van der Waals surface area contributed by atoms with Gasteiger partial charge in [-0.1, -0.05) is 0 Å². The van der Waals surface area contributed by atoms with E-state index < -0.39 is 0 Å². The zero-order chi connectivity index (χ0) is 18.8. The summed E-state index contributed by atoms with van der Waals surface area (Å²) in [4.78, 5) is 16.4. The smallest absolute Gasteiger partial charge is 0.248 e. The second-order valence-electron chi connectivity index (χ2n) is 6.82. The summed E-state index contributed by atoms with van der Waals surface area (Å²) < 4.78 is 11.6. The van der Waals surface area contributed by atoms with Crippen LogP contribution in [0.2, 0.25) is 0 Å². The number of furan rings is 1. The third kappa shape index (κ3) is 3.45. The SMILES string of the molecule is COc1cc2oc3c(c2cc1/C(C)=C/C(=O)Nc1cccnc1)CCCC3. The molecule has 0 saturated carbocycles. The number of allylic oxidation sites excluding steroid dienone is 1. The minimum absolute atomic E-state index is 0.197. The average molecular weight is 362 g/mol.